The molecule has 1 saturated heterocycles. The van der Waals surface area contributed by atoms with Crippen LogP contribution in [0.4, 0.5) is 14.9 Å². The molecule has 1 aliphatic rings. The van der Waals surface area contributed by atoms with Gasteiger partial charge in [-0.25, -0.2) is 9.29 Å². The minimum absolute atomic E-state index is 0.319. The van der Waals surface area contributed by atoms with Crippen LogP contribution in [0.2, 0.25) is 0 Å². The number of thioether (sulfide) groups is 1. The Morgan fingerprint density at radius 3 is 2.34 bits per heavy atom. The monoisotopic (exact) mass is 406 g/mol. The molecule has 1 aromatic heterocycles. The van der Waals surface area contributed by atoms with Crippen LogP contribution < -0.4 is 4.90 Å². The van der Waals surface area contributed by atoms with E-state index in [-0.39, 0.29) is 17.0 Å². The topological polar surface area (TPSA) is 42.3 Å². The maximum atomic E-state index is 14.3. The summed E-state index contributed by atoms with van der Waals surface area (Å²) in [6, 6.07) is 15.7. The second kappa shape index (κ2) is 7.37. The highest BCUT2D eigenvalue weighted by Crippen LogP contribution is 2.36. The first-order valence-corrected chi connectivity index (χ1v) is 9.97. The maximum absolute atomic E-state index is 14.3. The Labute approximate surface area is 172 Å². The fourth-order valence-corrected chi connectivity index (χ4v) is 4.30. The van der Waals surface area contributed by atoms with Gasteiger partial charge in [0.2, 0.25) is 0 Å². The van der Waals surface area contributed by atoms with Crippen molar-refractivity contribution < 1.29 is 14.0 Å². The molecule has 2 heterocycles. The molecule has 1 fully saturated rings. The molecule has 2 amide bonds. The third-order valence-electron chi connectivity index (χ3n) is 4.94. The minimum atomic E-state index is -0.348. The lowest BCUT2D eigenvalue weighted by molar-refractivity contribution is -0.113. The first-order valence-electron chi connectivity index (χ1n) is 9.15. The van der Waals surface area contributed by atoms with Crippen LogP contribution in [-0.2, 0) is 4.79 Å². The fraction of sp³-hybridized carbons (Fsp3) is 0.130. The van der Waals surface area contributed by atoms with Gasteiger partial charge in [0.15, 0.2) is 0 Å². The number of amides is 2. The molecule has 4 rings (SSSR count). The van der Waals surface area contributed by atoms with Gasteiger partial charge in [-0.2, -0.15) is 0 Å². The molecule has 146 valence electrons. The van der Waals surface area contributed by atoms with Gasteiger partial charge in [-0.3, -0.25) is 9.59 Å². The molecule has 1 aliphatic heterocycles. The van der Waals surface area contributed by atoms with Crippen LogP contribution >= 0.6 is 11.8 Å². The van der Waals surface area contributed by atoms with Crippen molar-refractivity contribution in [3.8, 4) is 5.69 Å². The molecule has 3 aromatic rings. The lowest BCUT2D eigenvalue weighted by Crippen LogP contribution is -2.27. The third-order valence-corrected chi connectivity index (χ3v) is 5.81. The van der Waals surface area contributed by atoms with E-state index in [9.17, 15) is 14.0 Å². The van der Waals surface area contributed by atoms with Crippen LogP contribution in [0.3, 0.4) is 0 Å². The smallest absolute Gasteiger partial charge is 0.298 e. The maximum Gasteiger partial charge on any atom is 0.298 e. The van der Waals surface area contributed by atoms with Gasteiger partial charge in [-0.05, 0) is 74.5 Å². The summed E-state index contributed by atoms with van der Waals surface area (Å²) in [5, 5.41) is -0.326. The van der Waals surface area contributed by atoms with Crippen LogP contribution in [0.5, 0.6) is 0 Å². The van der Waals surface area contributed by atoms with Gasteiger partial charge in [0.1, 0.15) is 5.82 Å². The highest BCUT2D eigenvalue weighted by molar-refractivity contribution is 8.19. The Hall–Kier alpha value is -3.12. The second-order valence-electron chi connectivity index (χ2n) is 6.97. The number of carbonyl (C=O) groups excluding carboxylic acids is 2. The number of aryl methyl sites for hydroxylation is 2. The van der Waals surface area contributed by atoms with Gasteiger partial charge in [0.05, 0.1) is 16.3 Å². The van der Waals surface area contributed by atoms with Gasteiger partial charge in [-0.1, -0.05) is 29.8 Å². The molecule has 0 N–H and O–H groups in total. The number of nitrogens with zero attached hydrogens (tertiary/aromatic N) is 2. The normalized spacial score (nSPS) is 15.6. The molecule has 0 atom stereocenters. The van der Waals surface area contributed by atoms with E-state index in [0.29, 0.717) is 16.3 Å². The molecule has 6 heteroatoms. The molecule has 29 heavy (non-hydrogen) atoms. The van der Waals surface area contributed by atoms with E-state index in [0.717, 1.165) is 34.3 Å². The predicted molar refractivity (Wildman–Crippen MR) is 115 cm³/mol. The average Bonchev–Trinajstić information content (AvgIpc) is 3.12. The number of hydrogen-bond donors (Lipinski definition) is 0. The molecule has 0 saturated carbocycles. The van der Waals surface area contributed by atoms with Crippen molar-refractivity contribution in [2.24, 2.45) is 0 Å². The molecule has 0 unspecified atom stereocenters. The van der Waals surface area contributed by atoms with Crippen LogP contribution in [-0.4, -0.2) is 15.7 Å². The van der Waals surface area contributed by atoms with Crippen molar-refractivity contribution in [3.05, 3.63) is 87.8 Å². The quantitative estimate of drug-likeness (QED) is 0.518. The Morgan fingerprint density at radius 1 is 0.966 bits per heavy atom. The van der Waals surface area contributed by atoms with Crippen molar-refractivity contribution >= 4 is 34.7 Å². The van der Waals surface area contributed by atoms with Crippen molar-refractivity contribution in [1.82, 2.24) is 4.57 Å². The summed E-state index contributed by atoms with van der Waals surface area (Å²) in [7, 11) is 0. The molecular weight excluding hydrogens is 387 g/mol. The minimum Gasteiger partial charge on any atom is -0.315 e. The highest BCUT2D eigenvalue weighted by Gasteiger charge is 2.36. The fourth-order valence-electron chi connectivity index (χ4n) is 3.46. The molecule has 0 spiro atoms. The zero-order valence-electron chi connectivity index (χ0n) is 16.3. The summed E-state index contributed by atoms with van der Waals surface area (Å²) in [5.41, 5.74) is 4.48. The summed E-state index contributed by atoms with van der Waals surface area (Å²) in [6.07, 6.45) is 1.71. The van der Waals surface area contributed by atoms with E-state index in [4.69, 9.17) is 0 Å². The first-order chi connectivity index (χ1) is 13.9. The summed E-state index contributed by atoms with van der Waals surface area (Å²) < 4.78 is 16.1. The van der Waals surface area contributed by atoms with Crippen LogP contribution in [0.1, 0.15) is 22.5 Å². The number of aromatic nitrogens is 1. The second-order valence-corrected chi connectivity index (χ2v) is 7.96. The number of carbonyl (C=O) groups is 2. The molecule has 0 bridgehead atoms. The van der Waals surface area contributed by atoms with Gasteiger partial charge >= 0.3 is 0 Å². The zero-order valence-corrected chi connectivity index (χ0v) is 17.1. The van der Waals surface area contributed by atoms with E-state index in [1.165, 1.54) is 11.0 Å². The number of imide groups is 1. The summed E-state index contributed by atoms with van der Waals surface area (Å²) >= 11 is 0.914. The standard InChI is InChI=1S/C23H19FN2O2S/c1-14-8-10-18(11-9-14)26-22(27)21(29-23(26)28)13-17-12-15(2)25(16(17)3)20-7-5-4-6-19(20)24/h4-13H,1-3H3. The van der Waals surface area contributed by atoms with Gasteiger partial charge in [0, 0.05) is 11.4 Å². The highest BCUT2D eigenvalue weighted by atomic mass is 32.2. The van der Waals surface area contributed by atoms with Gasteiger partial charge < -0.3 is 4.57 Å². The van der Waals surface area contributed by atoms with E-state index < -0.39 is 0 Å². The van der Waals surface area contributed by atoms with E-state index in [1.807, 2.05) is 43.5 Å². The molecule has 0 aliphatic carbocycles. The Bertz CT molecular complexity index is 1160. The van der Waals surface area contributed by atoms with E-state index in [1.54, 1.807) is 36.4 Å². The number of anilines is 1. The molecular formula is C23H19FN2O2S. The number of halogens is 1. The SMILES string of the molecule is Cc1ccc(N2C(=O)SC(=Cc3cc(C)n(-c4ccccc4F)c3C)C2=O)cc1. The lowest BCUT2D eigenvalue weighted by Gasteiger charge is -2.12. The Balaban J connectivity index is 1.71. The number of benzene rings is 2. The van der Waals surface area contributed by atoms with E-state index in [2.05, 4.69) is 0 Å². The van der Waals surface area contributed by atoms with Crippen molar-refractivity contribution in [2.75, 3.05) is 4.90 Å². The van der Waals surface area contributed by atoms with Crippen molar-refractivity contribution in [3.63, 3.8) is 0 Å². The molecule has 0 radical (unpaired) electrons. The number of para-hydroxylation sites is 1. The first kappa shape index (κ1) is 19.2. The van der Waals surface area contributed by atoms with Gasteiger partial charge in [-0.15, -0.1) is 0 Å². The summed E-state index contributed by atoms with van der Waals surface area (Å²) in [4.78, 5) is 26.9. The summed E-state index contributed by atoms with van der Waals surface area (Å²) in [6.45, 7) is 5.70. The Morgan fingerprint density at radius 2 is 1.66 bits per heavy atom. The largest absolute Gasteiger partial charge is 0.315 e. The number of hydrogen-bond acceptors (Lipinski definition) is 3. The Kier molecular flexibility index (Phi) is 4.88. The number of rotatable bonds is 3. The zero-order chi connectivity index (χ0) is 20.7. The van der Waals surface area contributed by atoms with Crippen molar-refractivity contribution in [1.29, 1.82) is 0 Å². The van der Waals surface area contributed by atoms with Gasteiger partial charge in [0.25, 0.3) is 11.1 Å². The predicted octanol–water partition coefficient (Wildman–Crippen LogP) is 5.78. The molecule has 2 aromatic carbocycles. The summed E-state index contributed by atoms with van der Waals surface area (Å²) in [5.74, 6) is -0.667. The molecule has 4 nitrogen and oxygen atoms in total. The third kappa shape index (κ3) is 3.40. The van der Waals surface area contributed by atoms with Crippen molar-refractivity contribution in [2.45, 2.75) is 20.8 Å². The van der Waals surface area contributed by atoms with E-state index >= 15 is 0 Å². The lowest BCUT2D eigenvalue weighted by atomic mass is 10.2. The van der Waals surface area contributed by atoms with Crippen LogP contribution in [0.25, 0.3) is 11.8 Å². The average molecular weight is 406 g/mol. The van der Waals surface area contributed by atoms with Crippen LogP contribution in [0, 0.1) is 26.6 Å². The van der Waals surface area contributed by atoms with Crippen LogP contribution in [0.15, 0.2) is 59.5 Å².